The molecule has 0 saturated carbocycles. The number of hydrogen-bond acceptors (Lipinski definition) is 5. The molecule has 1 unspecified atom stereocenters. The summed E-state index contributed by atoms with van der Waals surface area (Å²) in [6.07, 6.45) is -4.04. The lowest BCUT2D eigenvalue weighted by atomic mass is 9.77. The van der Waals surface area contributed by atoms with Crippen molar-refractivity contribution in [3.05, 3.63) is 75.0 Å². The summed E-state index contributed by atoms with van der Waals surface area (Å²) in [5, 5.41) is 21.1. The lowest BCUT2D eigenvalue weighted by Crippen LogP contribution is -2.40. The van der Waals surface area contributed by atoms with Gasteiger partial charge in [-0.25, -0.2) is 0 Å². The minimum atomic E-state index is -4.79. The van der Waals surface area contributed by atoms with Gasteiger partial charge in [0.15, 0.2) is 5.78 Å². The number of carbonyl (C=O) groups excluding carboxylic acids is 2. The fourth-order valence-electron chi connectivity index (χ4n) is 4.30. The third-order valence-electron chi connectivity index (χ3n) is 5.71. The van der Waals surface area contributed by atoms with E-state index in [0.717, 1.165) is 11.0 Å². The number of benzene rings is 2. The van der Waals surface area contributed by atoms with Crippen molar-refractivity contribution in [2.45, 2.75) is 37.8 Å². The number of nitrogens with zero attached hydrogens (tertiary/aromatic N) is 2. The van der Waals surface area contributed by atoms with E-state index in [1.54, 1.807) is 12.1 Å². The Labute approximate surface area is 179 Å². The Balaban J connectivity index is 1.89. The van der Waals surface area contributed by atoms with Crippen LogP contribution in [0.2, 0.25) is 0 Å². The standard InChI is InChI=1S/C22H17F3N2O5/c23-22(24,25)13-6-9-16(18(10-13)27(31)32)26-17-2-1-3-19(29)21(17)15(11-20(26)30)12-4-7-14(28)8-5-12/h4-10,15,28H,1-3,11H2. The van der Waals surface area contributed by atoms with Crippen molar-refractivity contribution >= 4 is 23.1 Å². The molecule has 166 valence electrons. The van der Waals surface area contributed by atoms with E-state index >= 15 is 0 Å². The van der Waals surface area contributed by atoms with Crippen LogP contribution in [0.1, 0.15) is 42.7 Å². The van der Waals surface area contributed by atoms with E-state index in [4.69, 9.17) is 0 Å². The monoisotopic (exact) mass is 446 g/mol. The zero-order valence-electron chi connectivity index (χ0n) is 16.6. The third-order valence-corrected chi connectivity index (χ3v) is 5.71. The Morgan fingerprint density at radius 1 is 1.06 bits per heavy atom. The van der Waals surface area contributed by atoms with Crippen molar-refractivity contribution in [1.82, 2.24) is 0 Å². The Kier molecular flexibility index (Phi) is 5.23. The van der Waals surface area contributed by atoms with Gasteiger partial charge in [-0.1, -0.05) is 12.1 Å². The Bertz CT molecular complexity index is 1160. The number of nitro groups is 1. The van der Waals surface area contributed by atoms with E-state index < -0.39 is 34.2 Å². The summed E-state index contributed by atoms with van der Waals surface area (Å²) in [5.41, 5.74) is -1.12. The number of allylic oxidation sites excluding steroid dienone is 2. The molecule has 2 aromatic rings. The topological polar surface area (TPSA) is 101 Å². The zero-order chi connectivity index (χ0) is 23.2. The van der Waals surface area contributed by atoms with Gasteiger partial charge in [-0.3, -0.25) is 24.6 Å². The highest BCUT2D eigenvalue weighted by atomic mass is 19.4. The van der Waals surface area contributed by atoms with Gasteiger partial charge in [0, 0.05) is 36.1 Å². The number of carbonyl (C=O) groups is 2. The molecular weight excluding hydrogens is 429 g/mol. The van der Waals surface area contributed by atoms with E-state index in [1.807, 2.05) is 0 Å². The lowest BCUT2D eigenvalue weighted by molar-refractivity contribution is -0.384. The highest BCUT2D eigenvalue weighted by molar-refractivity contribution is 6.08. The van der Waals surface area contributed by atoms with Crippen LogP contribution < -0.4 is 4.90 Å². The minimum Gasteiger partial charge on any atom is -0.508 e. The summed E-state index contributed by atoms with van der Waals surface area (Å²) in [6, 6.07) is 8.04. The first-order valence-electron chi connectivity index (χ1n) is 9.81. The van der Waals surface area contributed by atoms with Gasteiger partial charge < -0.3 is 5.11 Å². The molecule has 4 rings (SSSR count). The number of anilines is 1. The number of hydrogen-bond donors (Lipinski definition) is 1. The number of aromatic hydroxyl groups is 1. The first-order valence-corrected chi connectivity index (χ1v) is 9.81. The van der Waals surface area contributed by atoms with Gasteiger partial charge in [-0.2, -0.15) is 13.2 Å². The number of amides is 1. The van der Waals surface area contributed by atoms with E-state index in [9.17, 15) is 38.0 Å². The summed E-state index contributed by atoms with van der Waals surface area (Å²) in [5.74, 6) is -1.35. The summed E-state index contributed by atoms with van der Waals surface area (Å²) in [7, 11) is 0. The number of rotatable bonds is 3. The Morgan fingerprint density at radius 3 is 2.38 bits per heavy atom. The van der Waals surface area contributed by atoms with E-state index in [0.29, 0.717) is 29.7 Å². The molecule has 1 amide bonds. The van der Waals surface area contributed by atoms with Crippen LogP contribution in [-0.4, -0.2) is 21.7 Å². The fourth-order valence-corrected chi connectivity index (χ4v) is 4.30. The van der Waals surface area contributed by atoms with E-state index in [2.05, 4.69) is 0 Å². The quantitative estimate of drug-likeness (QED) is 0.537. The molecule has 0 spiro atoms. The molecule has 1 atom stereocenters. The van der Waals surface area contributed by atoms with E-state index in [1.165, 1.54) is 12.1 Å². The molecule has 1 N–H and O–H groups in total. The van der Waals surface area contributed by atoms with Gasteiger partial charge in [0.1, 0.15) is 11.4 Å². The fraction of sp³-hybridized carbons (Fsp3) is 0.273. The van der Waals surface area contributed by atoms with Crippen LogP contribution in [0.5, 0.6) is 5.75 Å². The first-order chi connectivity index (χ1) is 15.1. The molecular formula is C22H17F3N2O5. The molecule has 32 heavy (non-hydrogen) atoms. The number of phenolic OH excluding ortho intramolecular Hbond substituents is 1. The number of nitro benzene ring substituents is 1. The molecule has 0 saturated heterocycles. The van der Waals surface area contributed by atoms with Crippen LogP contribution in [0.15, 0.2) is 53.7 Å². The van der Waals surface area contributed by atoms with Gasteiger partial charge in [-0.05, 0) is 42.7 Å². The molecule has 0 aromatic heterocycles. The smallest absolute Gasteiger partial charge is 0.416 e. The summed E-state index contributed by atoms with van der Waals surface area (Å²) in [4.78, 5) is 37.6. The van der Waals surface area contributed by atoms with E-state index in [-0.39, 0.29) is 42.2 Å². The molecule has 1 aliphatic carbocycles. The maximum atomic E-state index is 13.1. The second-order valence-corrected chi connectivity index (χ2v) is 7.67. The van der Waals surface area contributed by atoms with Crippen LogP contribution in [0, 0.1) is 10.1 Å². The summed E-state index contributed by atoms with van der Waals surface area (Å²) >= 11 is 0. The number of ketones is 1. The molecule has 0 fully saturated rings. The van der Waals surface area contributed by atoms with Crippen molar-refractivity contribution in [3.8, 4) is 5.75 Å². The van der Waals surface area contributed by atoms with Gasteiger partial charge in [0.05, 0.1) is 10.5 Å². The number of alkyl halides is 3. The first kappa shape index (κ1) is 21.5. The lowest BCUT2D eigenvalue weighted by Gasteiger charge is -2.38. The largest absolute Gasteiger partial charge is 0.508 e. The second kappa shape index (κ2) is 7.77. The third kappa shape index (κ3) is 3.72. The van der Waals surface area contributed by atoms with Gasteiger partial charge in [0.25, 0.3) is 5.69 Å². The molecule has 0 bridgehead atoms. The highest BCUT2D eigenvalue weighted by Crippen LogP contribution is 2.46. The van der Waals surface area contributed by atoms with Crippen LogP contribution in [-0.2, 0) is 15.8 Å². The van der Waals surface area contributed by atoms with Crippen molar-refractivity contribution in [3.63, 3.8) is 0 Å². The molecule has 1 heterocycles. The number of Topliss-reactive ketones (excluding diaryl/α,β-unsaturated/α-hetero) is 1. The summed E-state index contributed by atoms with van der Waals surface area (Å²) < 4.78 is 39.3. The number of phenols is 1. The van der Waals surface area contributed by atoms with Crippen LogP contribution in [0.3, 0.4) is 0 Å². The van der Waals surface area contributed by atoms with Crippen LogP contribution >= 0.6 is 0 Å². The average Bonchev–Trinajstić information content (AvgIpc) is 2.73. The number of halogens is 3. The van der Waals surface area contributed by atoms with Crippen molar-refractivity contribution in [1.29, 1.82) is 0 Å². The summed E-state index contributed by atoms with van der Waals surface area (Å²) in [6.45, 7) is 0. The van der Waals surface area contributed by atoms with Crippen LogP contribution in [0.25, 0.3) is 0 Å². The molecule has 2 aliphatic rings. The molecule has 0 radical (unpaired) electrons. The zero-order valence-corrected chi connectivity index (χ0v) is 16.6. The minimum absolute atomic E-state index is 0.0158. The van der Waals surface area contributed by atoms with Crippen molar-refractivity contribution in [2.75, 3.05) is 4.90 Å². The molecule has 1 aliphatic heterocycles. The maximum Gasteiger partial charge on any atom is 0.416 e. The van der Waals surface area contributed by atoms with Gasteiger partial charge in [0.2, 0.25) is 5.91 Å². The SMILES string of the molecule is O=C1CCCC2=C1C(c1ccc(O)cc1)CC(=O)N2c1ccc(C(F)(F)F)cc1[N+](=O)[O-]. The predicted octanol–water partition coefficient (Wildman–Crippen LogP) is 4.85. The maximum absolute atomic E-state index is 13.1. The average molecular weight is 446 g/mol. The van der Waals surface area contributed by atoms with Gasteiger partial charge >= 0.3 is 6.18 Å². The molecule has 10 heteroatoms. The normalized spacial score (nSPS) is 19.2. The second-order valence-electron chi connectivity index (χ2n) is 7.67. The highest BCUT2D eigenvalue weighted by Gasteiger charge is 2.42. The van der Waals surface area contributed by atoms with Crippen molar-refractivity contribution in [2.24, 2.45) is 0 Å². The molecule has 2 aromatic carbocycles. The van der Waals surface area contributed by atoms with Crippen molar-refractivity contribution < 1.29 is 32.8 Å². The van der Waals surface area contributed by atoms with Crippen LogP contribution in [0.4, 0.5) is 24.5 Å². The molecule has 7 nitrogen and oxygen atoms in total. The predicted molar refractivity (Wildman–Crippen MR) is 107 cm³/mol. The van der Waals surface area contributed by atoms with Gasteiger partial charge in [-0.15, -0.1) is 0 Å². The Morgan fingerprint density at radius 2 is 1.75 bits per heavy atom. The Hall–Kier alpha value is -3.69.